The summed E-state index contributed by atoms with van der Waals surface area (Å²) in [6.07, 6.45) is 0.798. The van der Waals surface area contributed by atoms with E-state index in [2.05, 4.69) is 10.3 Å². The molecule has 0 fully saturated rings. The number of halogens is 1. The third kappa shape index (κ3) is 6.16. The number of hydrogen-bond donors (Lipinski definition) is 2. The monoisotopic (exact) mass is 331 g/mol. The third-order valence-electron chi connectivity index (χ3n) is 3.31. The second-order valence-corrected chi connectivity index (χ2v) is 5.10. The molecule has 5 nitrogen and oxygen atoms in total. The SMILES string of the molecule is COc1ccc(CCN=C(N)NCCOc2cccc(F)c2)cc1. The predicted molar refractivity (Wildman–Crippen MR) is 93.1 cm³/mol. The van der Waals surface area contributed by atoms with Gasteiger partial charge in [0.2, 0.25) is 0 Å². The number of methoxy groups -OCH3 is 1. The minimum Gasteiger partial charge on any atom is -0.497 e. The maximum atomic E-state index is 13.0. The maximum absolute atomic E-state index is 13.0. The van der Waals surface area contributed by atoms with Gasteiger partial charge in [0.25, 0.3) is 0 Å². The zero-order valence-electron chi connectivity index (χ0n) is 13.7. The Hall–Kier alpha value is -2.76. The van der Waals surface area contributed by atoms with E-state index in [1.54, 1.807) is 19.2 Å². The quantitative estimate of drug-likeness (QED) is 0.443. The van der Waals surface area contributed by atoms with Gasteiger partial charge < -0.3 is 20.5 Å². The van der Waals surface area contributed by atoms with E-state index in [-0.39, 0.29) is 5.82 Å². The van der Waals surface area contributed by atoms with Gasteiger partial charge >= 0.3 is 0 Å². The van der Waals surface area contributed by atoms with E-state index in [0.717, 1.165) is 12.2 Å². The van der Waals surface area contributed by atoms with Gasteiger partial charge in [-0.25, -0.2) is 4.39 Å². The Morgan fingerprint density at radius 3 is 2.67 bits per heavy atom. The summed E-state index contributed by atoms with van der Waals surface area (Å²) in [5.74, 6) is 1.37. The number of ether oxygens (including phenoxy) is 2. The lowest BCUT2D eigenvalue weighted by molar-refractivity contribution is 0.320. The molecule has 0 spiro atoms. The van der Waals surface area contributed by atoms with E-state index in [4.69, 9.17) is 15.2 Å². The fourth-order valence-corrected chi connectivity index (χ4v) is 2.06. The Morgan fingerprint density at radius 1 is 1.17 bits per heavy atom. The highest BCUT2D eigenvalue weighted by Gasteiger charge is 1.97. The highest BCUT2D eigenvalue weighted by atomic mass is 19.1. The van der Waals surface area contributed by atoms with Crippen molar-refractivity contribution in [3.05, 3.63) is 59.9 Å². The Morgan fingerprint density at radius 2 is 1.96 bits per heavy atom. The molecular weight excluding hydrogens is 309 g/mol. The zero-order chi connectivity index (χ0) is 17.2. The van der Waals surface area contributed by atoms with Crippen LogP contribution in [-0.2, 0) is 6.42 Å². The number of rotatable bonds is 8. The van der Waals surface area contributed by atoms with Crippen LogP contribution in [0.3, 0.4) is 0 Å². The predicted octanol–water partition coefficient (Wildman–Crippen LogP) is 2.36. The van der Waals surface area contributed by atoms with Gasteiger partial charge in [-0.05, 0) is 36.2 Å². The highest BCUT2D eigenvalue weighted by Crippen LogP contribution is 2.12. The molecule has 0 aliphatic rings. The molecule has 0 aliphatic heterocycles. The lowest BCUT2D eigenvalue weighted by Crippen LogP contribution is -2.35. The third-order valence-corrected chi connectivity index (χ3v) is 3.31. The smallest absolute Gasteiger partial charge is 0.188 e. The van der Waals surface area contributed by atoms with Crippen LogP contribution in [-0.4, -0.2) is 32.8 Å². The van der Waals surface area contributed by atoms with Crippen LogP contribution in [0.5, 0.6) is 11.5 Å². The molecule has 2 aromatic carbocycles. The summed E-state index contributed by atoms with van der Waals surface area (Å²) in [7, 11) is 1.64. The van der Waals surface area contributed by atoms with Gasteiger partial charge in [-0.3, -0.25) is 4.99 Å². The van der Waals surface area contributed by atoms with E-state index < -0.39 is 0 Å². The molecule has 0 aliphatic carbocycles. The Kier molecular flexibility index (Phi) is 6.89. The second kappa shape index (κ2) is 9.39. The fraction of sp³-hybridized carbons (Fsp3) is 0.278. The van der Waals surface area contributed by atoms with Gasteiger partial charge in [-0.15, -0.1) is 0 Å². The van der Waals surface area contributed by atoms with E-state index in [1.807, 2.05) is 24.3 Å². The largest absolute Gasteiger partial charge is 0.497 e. The molecule has 0 amide bonds. The summed E-state index contributed by atoms with van der Waals surface area (Å²) in [6, 6.07) is 13.9. The summed E-state index contributed by atoms with van der Waals surface area (Å²) < 4.78 is 23.5. The summed E-state index contributed by atoms with van der Waals surface area (Å²) in [6.45, 7) is 1.46. The average molecular weight is 331 g/mol. The van der Waals surface area contributed by atoms with Crippen molar-refractivity contribution in [2.75, 3.05) is 26.8 Å². The van der Waals surface area contributed by atoms with Crippen LogP contribution in [0.25, 0.3) is 0 Å². The molecule has 6 heteroatoms. The standard InChI is InChI=1S/C18H22FN3O2/c1-23-16-7-5-14(6-8-16)9-10-21-18(20)22-11-12-24-17-4-2-3-15(19)13-17/h2-8,13H,9-12H2,1H3,(H3,20,21,22). The minimum absolute atomic E-state index is 0.319. The number of hydrogen-bond acceptors (Lipinski definition) is 3. The molecule has 0 atom stereocenters. The van der Waals surface area contributed by atoms with Crippen molar-refractivity contribution in [3.8, 4) is 11.5 Å². The van der Waals surface area contributed by atoms with Crippen LogP contribution in [0.15, 0.2) is 53.5 Å². The maximum Gasteiger partial charge on any atom is 0.188 e. The van der Waals surface area contributed by atoms with E-state index in [9.17, 15) is 4.39 Å². The van der Waals surface area contributed by atoms with Crippen LogP contribution < -0.4 is 20.5 Å². The molecule has 2 rings (SSSR count). The topological polar surface area (TPSA) is 68.9 Å². The lowest BCUT2D eigenvalue weighted by Gasteiger charge is -2.08. The summed E-state index contributed by atoms with van der Waals surface area (Å²) in [4.78, 5) is 4.26. The van der Waals surface area contributed by atoms with E-state index in [0.29, 0.717) is 31.4 Å². The molecule has 128 valence electrons. The molecule has 2 aromatic rings. The average Bonchev–Trinajstić information content (AvgIpc) is 2.59. The van der Waals surface area contributed by atoms with E-state index >= 15 is 0 Å². The van der Waals surface area contributed by atoms with E-state index in [1.165, 1.54) is 17.7 Å². The van der Waals surface area contributed by atoms with Gasteiger partial charge in [0.15, 0.2) is 5.96 Å². The molecular formula is C18H22FN3O2. The first-order valence-electron chi connectivity index (χ1n) is 7.72. The normalized spacial score (nSPS) is 11.2. The minimum atomic E-state index is -0.319. The molecule has 0 saturated heterocycles. The van der Waals surface area contributed by atoms with Crippen molar-refractivity contribution in [2.24, 2.45) is 10.7 Å². The molecule has 3 N–H and O–H groups in total. The first-order chi connectivity index (χ1) is 11.7. The molecule has 0 heterocycles. The van der Waals surface area contributed by atoms with Crippen LogP contribution in [0, 0.1) is 5.82 Å². The van der Waals surface area contributed by atoms with Crippen molar-refractivity contribution >= 4 is 5.96 Å². The van der Waals surface area contributed by atoms with Crippen LogP contribution in [0.1, 0.15) is 5.56 Å². The summed E-state index contributed by atoms with van der Waals surface area (Å²) >= 11 is 0. The molecule has 0 bridgehead atoms. The first-order valence-corrected chi connectivity index (χ1v) is 7.72. The fourth-order valence-electron chi connectivity index (χ4n) is 2.06. The number of nitrogens with one attached hydrogen (secondary N) is 1. The lowest BCUT2D eigenvalue weighted by atomic mass is 10.1. The van der Waals surface area contributed by atoms with Crippen molar-refractivity contribution in [1.82, 2.24) is 5.32 Å². The second-order valence-electron chi connectivity index (χ2n) is 5.10. The molecule has 0 aromatic heterocycles. The van der Waals surface area contributed by atoms with Gasteiger partial charge in [-0.2, -0.15) is 0 Å². The number of guanidine groups is 1. The zero-order valence-corrected chi connectivity index (χ0v) is 13.7. The Balaban J connectivity index is 1.64. The van der Waals surface area contributed by atoms with Gasteiger partial charge in [0.05, 0.1) is 13.7 Å². The van der Waals surface area contributed by atoms with Gasteiger partial charge in [0.1, 0.15) is 23.9 Å². The highest BCUT2D eigenvalue weighted by molar-refractivity contribution is 5.77. The van der Waals surface area contributed by atoms with Crippen molar-refractivity contribution in [1.29, 1.82) is 0 Å². The number of nitrogens with zero attached hydrogens (tertiary/aromatic N) is 1. The van der Waals surface area contributed by atoms with Gasteiger partial charge in [-0.1, -0.05) is 18.2 Å². The molecule has 0 saturated carbocycles. The van der Waals surface area contributed by atoms with Crippen LogP contribution in [0.2, 0.25) is 0 Å². The number of aliphatic imine (C=N–C) groups is 1. The summed E-state index contributed by atoms with van der Waals surface area (Å²) in [5.41, 5.74) is 6.96. The van der Waals surface area contributed by atoms with Gasteiger partial charge in [0, 0.05) is 12.6 Å². The summed E-state index contributed by atoms with van der Waals surface area (Å²) in [5, 5.41) is 2.96. The number of nitrogens with two attached hydrogens (primary N) is 1. The number of benzene rings is 2. The first kappa shape index (κ1) is 17.6. The van der Waals surface area contributed by atoms with Crippen molar-refractivity contribution < 1.29 is 13.9 Å². The van der Waals surface area contributed by atoms with Crippen LogP contribution in [0.4, 0.5) is 4.39 Å². The van der Waals surface area contributed by atoms with Crippen LogP contribution >= 0.6 is 0 Å². The molecule has 0 unspecified atom stereocenters. The Labute approximate surface area is 141 Å². The molecule has 24 heavy (non-hydrogen) atoms. The Bertz CT molecular complexity index is 660. The van der Waals surface area contributed by atoms with Crippen molar-refractivity contribution in [2.45, 2.75) is 6.42 Å². The van der Waals surface area contributed by atoms with Crippen molar-refractivity contribution in [3.63, 3.8) is 0 Å². The molecule has 0 radical (unpaired) electrons.